The number of anilines is 2. The molecule has 1 aromatic carbocycles. The van der Waals surface area contributed by atoms with Crippen molar-refractivity contribution in [2.75, 3.05) is 32.2 Å². The summed E-state index contributed by atoms with van der Waals surface area (Å²) in [5.41, 5.74) is 13.1. The van der Waals surface area contributed by atoms with Crippen LogP contribution in [0.5, 0.6) is 17.2 Å². The average Bonchev–Trinajstić information content (AvgIpc) is 2.57. The van der Waals surface area contributed by atoms with E-state index in [2.05, 4.69) is 41.0 Å². The van der Waals surface area contributed by atoms with Gasteiger partial charge in [0, 0.05) is 11.6 Å². The maximum absolute atomic E-state index is 5.96. The van der Waals surface area contributed by atoms with Crippen molar-refractivity contribution in [3.8, 4) is 29.1 Å². The fourth-order valence-electron chi connectivity index (χ4n) is 2.20. The lowest BCUT2D eigenvalue weighted by molar-refractivity contribution is 0.409. The van der Waals surface area contributed by atoms with Gasteiger partial charge in [-0.15, -0.1) is 0 Å². The summed E-state index contributed by atoms with van der Waals surface area (Å²) in [6.45, 7) is 4.71. The van der Waals surface area contributed by atoms with Crippen molar-refractivity contribution >= 4 is 11.8 Å². The first-order chi connectivity index (χ1) is 12.0. The van der Waals surface area contributed by atoms with Crippen molar-refractivity contribution in [2.45, 2.75) is 19.8 Å². The molecule has 0 unspecified atom stereocenters. The highest BCUT2D eigenvalue weighted by molar-refractivity contribution is 5.57. The summed E-state index contributed by atoms with van der Waals surface area (Å²) in [6, 6.07) is 3.77. The molecule has 0 fully saturated rings. The van der Waals surface area contributed by atoms with E-state index in [-0.39, 0.29) is 17.7 Å². The molecule has 0 spiro atoms. The van der Waals surface area contributed by atoms with Gasteiger partial charge < -0.3 is 26.3 Å². The second-order valence-corrected chi connectivity index (χ2v) is 5.66. The molecule has 0 saturated heterocycles. The zero-order valence-corrected chi connectivity index (χ0v) is 14.9. The average molecular weight is 341 g/mol. The number of benzene rings is 1. The summed E-state index contributed by atoms with van der Waals surface area (Å²) in [7, 11) is 3.46. The second kappa shape index (κ2) is 8.22. The largest absolute Gasteiger partial charge is 0.495 e. The van der Waals surface area contributed by atoms with Gasteiger partial charge in [-0.3, -0.25) is 0 Å². The van der Waals surface area contributed by atoms with E-state index in [1.54, 1.807) is 7.11 Å². The molecule has 7 nitrogen and oxygen atoms in total. The number of hydrogen-bond donors (Lipinski definition) is 3. The summed E-state index contributed by atoms with van der Waals surface area (Å²) in [5, 5.41) is 2.98. The van der Waals surface area contributed by atoms with E-state index in [0.717, 1.165) is 11.1 Å². The van der Waals surface area contributed by atoms with Gasteiger partial charge in [-0.25, -0.2) is 4.98 Å². The highest BCUT2D eigenvalue weighted by atomic mass is 16.5. The summed E-state index contributed by atoms with van der Waals surface area (Å²) in [5.74, 6) is 8.26. The summed E-state index contributed by atoms with van der Waals surface area (Å²) in [4.78, 5) is 7.85. The van der Waals surface area contributed by atoms with Crippen LogP contribution in [-0.2, 0) is 0 Å². The van der Waals surface area contributed by atoms with Crippen LogP contribution in [0.4, 0.5) is 11.8 Å². The summed E-state index contributed by atoms with van der Waals surface area (Å²) in [6.07, 6.45) is 1.46. The molecule has 0 aliphatic carbocycles. The molecule has 25 heavy (non-hydrogen) atoms. The SMILES string of the molecule is CNCC#Cc1cc(Oc2cnc(N)nc2N)c(C(C)C)cc1OC. The van der Waals surface area contributed by atoms with Crippen molar-refractivity contribution in [2.24, 2.45) is 0 Å². The van der Waals surface area contributed by atoms with E-state index in [4.69, 9.17) is 20.9 Å². The molecule has 5 N–H and O–H groups in total. The Morgan fingerprint density at radius 3 is 2.56 bits per heavy atom. The highest BCUT2D eigenvalue weighted by Gasteiger charge is 2.16. The first-order valence-electron chi connectivity index (χ1n) is 7.87. The van der Waals surface area contributed by atoms with Crippen LogP contribution in [0.25, 0.3) is 0 Å². The zero-order valence-electron chi connectivity index (χ0n) is 14.9. The number of nitrogen functional groups attached to an aromatic ring is 2. The molecule has 132 valence electrons. The third kappa shape index (κ3) is 4.52. The lowest BCUT2D eigenvalue weighted by atomic mass is 9.99. The Balaban J connectivity index is 2.50. The smallest absolute Gasteiger partial charge is 0.222 e. The van der Waals surface area contributed by atoms with Gasteiger partial charge in [0.15, 0.2) is 11.6 Å². The van der Waals surface area contributed by atoms with Crippen LogP contribution in [0.2, 0.25) is 0 Å². The first kappa shape index (κ1) is 18.4. The lowest BCUT2D eigenvalue weighted by Gasteiger charge is -2.17. The Hall–Kier alpha value is -2.98. The molecule has 2 aromatic rings. The number of rotatable bonds is 5. The summed E-state index contributed by atoms with van der Waals surface area (Å²) >= 11 is 0. The van der Waals surface area contributed by atoms with E-state index in [1.807, 2.05) is 19.2 Å². The Labute approximate surface area is 147 Å². The monoisotopic (exact) mass is 341 g/mol. The van der Waals surface area contributed by atoms with Gasteiger partial charge in [-0.1, -0.05) is 25.7 Å². The van der Waals surface area contributed by atoms with Gasteiger partial charge in [-0.05, 0) is 19.0 Å². The van der Waals surface area contributed by atoms with Crippen molar-refractivity contribution in [3.63, 3.8) is 0 Å². The minimum absolute atomic E-state index is 0.0993. The predicted octanol–water partition coefficient (Wildman–Crippen LogP) is 2.14. The normalized spacial score (nSPS) is 10.3. The maximum Gasteiger partial charge on any atom is 0.222 e. The number of nitrogens with two attached hydrogens (primary N) is 2. The molecule has 7 heteroatoms. The molecule has 0 aliphatic heterocycles. The number of hydrogen-bond acceptors (Lipinski definition) is 7. The van der Waals surface area contributed by atoms with Crippen LogP contribution in [0.1, 0.15) is 30.9 Å². The second-order valence-electron chi connectivity index (χ2n) is 5.66. The first-order valence-corrected chi connectivity index (χ1v) is 7.87. The molecule has 0 bridgehead atoms. The summed E-state index contributed by atoms with van der Waals surface area (Å²) < 4.78 is 11.4. The minimum atomic E-state index is 0.0993. The lowest BCUT2D eigenvalue weighted by Crippen LogP contribution is -2.05. The van der Waals surface area contributed by atoms with Crippen LogP contribution in [0.15, 0.2) is 18.3 Å². The number of aromatic nitrogens is 2. The molecule has 0 radical (unpaired) electrons. The number of ether oxygens (including phenoxy) is 2. The molecule has 2 rings (SSSR count). The topological polar surface area (TPSA) is 108 Å². The molecule has 1 heterocycles. The van der Waals surface area contributed by atoms with E-state index in [9.17, 15) is 0 Å². The molecular weight excluding hydrogens is 318 g/mol. The van der Waals surface area contributed by atoms with Gasteiger partial charge in [0.05, 0.1) is 25.4 Å². The predicted molar refractivity (Wildman–Crippen MR) is 98.8 cm³/mol. The molecular formula is C18H23N5O2. The van der Waals surface area contributed by atoms with Crippen molar-refractivity contribution in [3.05, 3.63) is 29.5 Å². The van der Waals surface area contributed by atoms with Crippen molar-refractivity contribution < 1.29 is 9.47 Å². The van der Waals surface area contributed by atoms with Crippen LogP contribution < -0.4 is 26.3 Å². The van der Waals surface area contributed by atoms with Gasteiger partial charge in [-0.2, -0.15) is 4.98 Å². The quantitative estimate of drug-likeness (QED) is 0.715. The molecule has 0 amide bonds. The van der Waals surface area contributed by atoms with Gasteiger partial charge in [0.1, 0.15) is 11.5 Å². The van der Waals surface area contributed by atoms with Gasteiger partial charge >= 0.3 is 0 Å². The van der Waals surface area contributed by atoms with Gasteiger partial charge in [0.2, 0.25) is 5.95 Å². The van der Waals surface area contributed by atoms with Crippen LogP contribution in [0.3, 0.4) is 0 Å². The zero-order chi connectivity index (χ0) is 18.4. The molecule has 0 saturated carbocycles. The Kier molecular flexibility index (Phi) is 6.03. The van der Waals surface area contributed by atoms with Crippen LogP contribution in [-0.4, -0.2) is 30.7 Å². The van der Waals surface area contributed by atoms with Crippen molar-refractivity contribution in [1.82, 2.24) is 15.3 Å². The third-order valence-corrected chi connectivity index (χ3v) is 3.46. The Morgan fingerprint density at radius 2 is 1.96 bits per heavy atom. The number of nitrogens with zero attached hydrogens (tertiary/aromatic N) is 2. The maximum atomic E-state index is 5.96. The third-order valence-electron chi connectivity index (χ3n) is 3.46. The standard InChI is InChI=1S/C18H23N5O2/c1-11(2)13-9-14(24-4)12(6-5-7-21-3)8-15(13)25-16-10-22-18(20)23-17(16)19/h8-11,21H,7H2,1-4H3,(H4,19,20,22,23). The van der Waals surface area contributed by atoms with E-state index < -0.39 is 0 Å². The van der Waals surface area contributed by atoms with Gasteiger partial charge in [0.25, 0.3) is 0 Å². The molecule has 1 aromatic heterocycles. The fourth-order valence-corrected chi connectivity index (χ4v) is 2.20. The highest BCUT2D eigenvalue weighted by Crippen LogP contribution is 2.37. The van der Waals surface area contributed by atoms with E-state index >= 15 is 0 Å². The van der Waals surface area contributed by atoms with E-state index in [0.29, 0.717) is 23.8 Å². The Bertz CT molecular complexity index is 809. The van der Waals surface area contributed by atoms with Crippen LogP contribution in [0, 0.1) is 11.8 Å². The number of nitrogens with one attached hydrogen (secondary N) is 1. The van der Waals surface area contributed by atoms with Crippen molar-refractivity contribution in [1.29, 1.82) is 0 Å². The Morgan fingerprint density at radius 1 is 1.20 bits per heavy atom. The number of methoxy groups -OCH3 is 1. The molecule has 0 aliphatic rings. The van der Waals surface area contributed by atoms with Crippen LogP contribution >= 0.6 is 0 Å². The molecule has 0 atom stereocenters. The minimum Gasteiger partial charge on any atom is -0.495 e. The fraction of sp³-hybridized carbons (Fsp3) is 0.333. The van der Waals surface area contributed by atoms with E-state index in [1.165, 1.54) is 6.20 Å².